The molecule has 1 unspecified atom stereocenters. The van der Waals surface area contributed by atoms with Gasteiger partial charge >= 0.3 is 5.97 Å². The Balaban J connectivity index is 2.25. The largest absolute Gasteiger partial charge is 0.467 e. The Morgan fingerprint density at radius 1 is 1.36 bits per heavy atom. The van der Waals surface area contributed by atoms with Gasteiger partial charge in [-0.1, -0.05) is 29.8 Å². The summed E-state index contributed by atoms with van der Waals surface area (Å²) < 4.78 is 6.02. The highest BCUT2D eigenvalue weighted by Crippen LogP contribution is 2.26. The first-order valence-electron chi connectivity index (χ1n) is 6.61. The number of halogens is 1. The average molecular weight is 322 g/mol. The van der Waals surface area contributed by atoms with Gasteiger partial charge in [-0.3, -0.25) is 9.48 Å². The van der Waals surface area contributed by atoms with E-state index in [1.165, 1.54) is 11.8 Å². The molecule has 0 fully saturated rings. The number of nitrogens with one attached hydrogen (secondary N) is 1. The summed E-state index contributed by atoms with van der Waals surface area (Å²) in [6.07, 6.45) is 0. The Bertz CT molecular complexity index is 712. The summed E-state index contributed by atoms with van der Waals surface area (Å²) in [6, 6.07) is 8.13. The number of esters is 1. The Kier molecular flexibility index (Phi) is 4.82. The van der Waals surface area contributed by atoms with Crippen molar-refractivity contribution < 1.29 is 14.3 Å². The number of nitrogens with zero attached hydrogens (tertiary/aromatic N) is 2. The average Bonchev–Trinajstić information content (AvgIpc) is 2.88. The van der Waals surface area contributed by atoms with Crippen LogP contribution in [-0.2, 0) is 16.6 Å². The number of hydrogen-bond acceptors (Lipinski definition) is 4. The van der Waals surface area contributed by atoms with E-state index in [2.05, 4.69) is 15.2 Å². The maximum Gasteiger partial charge on any atom is 0.328 e. The topological polar surface area (TPSA) is 73.2 Å². The molecule has 6 nitrogen and oxygen atoms in total. The molecule has 0 aliphatic rings. The van der Waals surface area contributed by atoms with Gasteiger partial charge in [0.1, 0.15) is 11.7 Å². The van der Waals surface area contributed by atoms with Crippen LogP contribution in [0.3, 0.4) is 0 Å². The SMILES string of the molecule is COC(=O)C(C)NC(=O)c1cc(-c2ccccc2Cl)nn1C. The highest BCUT2D eigenvalue weighted by molar-refractivity contribution is 6.33. The molecule has 0 spiro atoms. The fourth-order valence-electron chi connectivity index (χ4n) is 1.99. The third-order valence-corrected chi connectivity index (χ3v) is 3.49. The summed E-state index contributed by atoms with van der Waals surface area (Å²) in [4.78, 5) is 23.6. The van der Waals surface area contributed by atoms with Gasteiger partial charge in [0.15, 0.2) is 0 Å². The van der Waals surface area contributed by atoms with Crippen LogP contribution < -0.4 is 5.32 Å². The Morgan fingerprint density at radius 3 is 2.68 bits per heavy atom. The van der Waals surface area contributed by atoms with E-state index in [0.29, 0.717) is 16.4 Å². The van der Waals surface area contributed by atoms with Crippen molar-refractivity contribution in [2.45, 2.75) is 13.0 Å². The van der Waals surface area contributed by atoms with Crippen LogP contribution in [0, 0.1) is 0 Å². The Morgan fingerprint density at radius 2 is 2.05 bits per heavy atom. The number of ether oxygens (including phenoxy) is 1. The van der Waals surface area contributed by atoms with E-state index in [1.807, 2.05) is 18.2 Å². The van der Waals surface area contributed by atoms with Crippen LogP contribution in [0.25, 0.3) is 11.3 Å². The van der Waals surface area contributed by atoms with Gasteiger partial charge in [-0.2, -0.15) is 5.10 Å². The van der Waals surface area contributed by atoms with E-state index in [-0.39, 0.29) is 0 Å². The molecule has 0 saturated heterocycles. The van der Waals surface area contributed by atoms with Gasteiger partial charge in [0.05, 0.1) is 17.8 Å². The molecule has 0 bridgehead atoms. The summed E-state index contributed by atoms with van der Waals surface area (Å²) in [7, 11) is 2.92. The molecule has 2 rings (SSSR count). The normalized spacial score (nSPS) is 11.8. The van der Waals surface area contributed by atoms with Gasteiger partial charge in [0.2, 0.25) is 0 Å². The van der Waals surface area contributed by atoms with Crippen molar-refractivity contribution in [1.29, 1.82) is 0 Å². The van der Waals surface area contributed by atoms with Gasteiger partial charge in [0.25, 0.3) is 5.91 Å². The first-order valence-corrected chi connectivity index (χ1v) is 6.99. The minimum atomic E-state index is -0.740. The Hall–Kier alpha value is -2.34. The van der Waals surface area contributed by atoms with Gasteiger partial charge in [-0.05, 0) is 19.1 Å². The number of rotatable bonds is 4. The molecule has 1 N–H and O–H groups in total. The van der Waals surface area contributed by atoms with Gasteiger partial charge in [-0.15, -0.1) is 0 Å². The van der Waals surface area contributed by atoms with Crippen LogP contribution in [0.4, 0.5) is 0 Å². The number of aryl methyl sites for hydroxylation is 1. The summed E-state index contributed by atoms with van der Waals surface area (Å²) in [6.45, 7) is 1.55. The second kappa shape index (κ2) is 6.62. The second-order valence-electron chi connectivity index (χ2n) is 4.74. The number of benzene rings is 1. The lowest BCUT2D eigenvalue weighted by Crippen LogP contribution is -2.39. The standard InChI is InChI=1S/C15H16ClN3O3/c1-9(15(21)22-3)17-14(20)13-8-12(18-19(13)2)10-6-4-5-7-11(10)16/h4-9H,1-3H3,(H,17,20). The van der Waals surface area contributed by atoms with Crippen LogP contribution in [-0.4, -0.2) is 34.8 Å². The van der Waals surface area contributed by atoms with Crippen molar-refractivity contribution in [3.8, 4) is 11.3 Å². The molecular formula is C15H16ClN3O3. The number of amides is 1. The van der Waals surface area contributed by atoms with E-state index in [0.717, 1.165) is 5.56 Å². The first-order chi connectivity index (χ1) is 10.4. The zero-order valence-corrected chi connectivity index (χ0v) is 13.2. The van der Waals surface area contributed by atoms with E-state index in [9.17, 15) is 9.59 Å². The summed E-state index contributed by atoms with van der Waals surface area (Å²) in [5, 5.41) is 7.40. The molecule has 7 heteroatoms. The molecule has 0 saturated carbocycles. The van der Waals surface area contributed by atoms with E-state index in [1.54, 1.807) is 26.1 Å². The van der Waals surface area contributed by atoms with Crippen molar-refractivity contribution in [2.24, 2.45) is 7.05 Å². The molecule has 22 heavy (non-hydrogen) atoms. The number of carbonyl (C=O) groups is 2. The van der Waals surface area contributed by atoms with Gasteiger partial charge in [-0.25, -0.2) is 4.79 Å². The minimum absolute atomic E-state index is 0.325. The number of hydrogen-bond donors (Lipinski definition) is 1. The van der Waals surface area contributed by atoms with Crippen molar-refractivity contribution in [3.05, 3.63) is 41.0 Å². The molecule has 1 amide bonds. The van der Waals surface area contributed by atoms with Crippen molar-refractivity contribution in [1.82, 2.24) is 15.1 Å². The molecule has 1 aromatic carbocycles. The predicted octanol–water partition coefficient (Wildman–Crippen LogP) is 2.03. The molecule has 1 heterocycles. The van der Waals surface area contributed by atoms with Crippen LogP contribution in [0.15, 0.2) is 30.3 Å². The minimum Gasteiger partial charge on any atom is -0.467 e. The molecule has 0 aliphatic carbocycles. The van der Waals surface area contributed by atoms with Crippen LogP contribution >= 0.6 is 11.6 Å². The molecule has 1 atom stereocenters. The van der Waals surface area contributed by atoms with Crippen molar-refractivity contribution >= 4 is 23.5 Å². The molecular weight excluding hydrogens is 306 g/mol. The fraction of sp³-hybridized carbons (Fsp3) is 0.267. The van der Waals surface area contributed by atoms with Crippen LogP contribution in [0.2, 0.25) is 5.02 Å². The van der Waals surface area contributed by atoms with Crippen molar-refractivity contribution in [2.75, 3.05) is 7.11 Å². The van der Waals surface area contributed by atoms with E-state index < -0.39 is 17.9 Å². The van der Waals surface area contributed by atoms with Crippen LogP contribution in [0.5, 0.6) is 0 Å². The zero-order valence-electron chi connectivity index (χ0n) is 12.5. The third-order valence-electron chi connectivity index (χ3n) is 3.16. The van der Waals surface area contributed by atoms with Gasteiger partial charge < -0.3 is 10.1 Å². The summed E-state index contributed by atoms with van der Waals surface area (Å²) in [5.41, 5.74) is 1.65. The molecule has 0 radical (unpaired) electrons. The summed E-state index contributed by atoms with van der Waals surface area (Å²) >= 11 is 6.13. The van der Waals surface area contributed by atoms with E-state index in [4.69, 9.17) is 11.6 Å². The highest BCUT2D eigenvalue weighted by Gasteiger charge is 2.20. The predicted molar refractivity (Wildman–Crippen MR) is 82.6 cm³/mol. The first kappa shape index (κ1) is 16.0. The lowest BCUT2D eigenvalue weighted by atomic mass is 10.1. The smallest absolute Gasteiger partial charge is 0.328 e. The Labute approximate surface area is 133 Å². The highest BCUT2D eigenvalue weighted by atomic mass is 35.5. The maximum absolute atomic E-state index is 12.2. The molecule has 1 aromatic heterocycles. The van der Waals surface area contributed by atoms with Gasteiger partial charge in [0, 0.05) is 12.6 Å². The lowest BCUT2D eigenvalue weighted by molar-refractivity contribution is -0.142. The fourth-order valence-corrected chi connectivity index (χ4v) is 2.22. The third kappa shape index (κ3) is 3.28. The van der Waals surface area contributed by atoms with Crippen molar-refractivity contribution in [3.63, 3.8) is 0 Å². The quantitative estimate of drug-likeness (QED) is 0.875. The number of methoxy groups -OCH3 is 1. The zero-order chi connectivity index (χ0) is 16.3. The summed E-state index contributed by atoms with van der Waals surface area (Å²) in [5.74, 6) is -0.923. The molecule has 0 aliphatic heterocycles. The molecule has 116 valence electrons. The molecule has 2 aromatic rings. The lowest BCUT2D eigenvalue weighted by Gasteiger charge is -2.11. The monoisotopic (exact) mass is 321 g/mol. The number of carbonyl (C=O) groups excluding carboxylic acids is 2. The maximum atomic E-state index is 12.2. The second-order valence-corrected chi connectivity index (χ2v) is 5.14. The van der Waals surface area contributed by atoms with E-state index >= 15 is 0 Å². The number of aromatic nitrogens is 2. The van der Waals surface area contributed by atoms with Crippen LogP contribution in [0.1, 0.15) is 17.4 Å².